The van der Waals surface area contributed by atoms with Crippen molar-refractivity contribution < 1.29 is 9.53 Å². The third kappa shape index (κ3) is 3.62. The maximum atomic E-state index is 11.4. The van der Waals surface area contributed by atoms with Crippen molar-refractivity contribution in [1.82, 2.24) is 20.2 Å². The molecule has 0 N–H and O–H groups in total. The van der Waals surface area contributed by atoms with Gasteiger partial charge >= 0.3 is 5.97 Å². The smallest absolute Gasteiger partial charge is 0.337 e. The largest absolute Gasteiger partial charge is 0.465 e. The molecular weight excluding hydrogens is 360 g/mol. The monoisotopic (exact) mass is 372 g/mol. The van der Waals surface area contributed by atoms with E-state index in [0.29, 0.717) is 17.9 Å². The summed E-state index contributed by atoms with van der Waals surface area (Å²) in [6.07, 6.45) is 0. The summed E-state index contributed by atoms with van der Waals surface area (Å²) in [6.45, 7) is 0.477. The van der Waals surface area contributed by atoms with Crippen molar-refractivity contribution in [2.24, 2.45) is 0 Å². The number of carbonyl (C=O) groups excluding carboxylic acids is 1. The van der Waals surface area contributed by atoms with E-state index in [9.17, 15) is 4.79 Å². The van der Waals surface area contributed by atoms with Gasteiger partial charge in [-0.2, -0.15) is 4.80 Å². The molecule has 0 atom stereocenters. The van der Waals surface area contributed by atoms with Gasteiger partial charge in [0.05, 0.1) is 19.2 Å². The van der Waals surface area contributed by atoms with Gasteiger partial charge in [0.2, 0.25) is 5.82 Å². The second-order valence-corrected chi connectivity index (χ2v) is 5.75. The quantitative estimate of drug-likeness (QED) is 0.658. The molecule has 1 aromatic heterocycles. The number of halogens is 1. The van der Waals surface area contributed by atoms with Crippen molar-refractivity contribution in [2.75, 3.05) is 7.11 Å². The molecule has 0 aliphatic rings. The Balaban J connectivity index is 1.74. The summed E-state index contributed by atoms with van der Waals surface area (Å²) in [5.74, 6) is 0.219. The standard InChI is InChI=1S/C16H13BrN4O2/c1-23-16(22)13-4-2-11(3-5-13)10-21-19-15(18-20-21)12-6-8-14(17)9-7-12/h2-9H,10H2,1H3. The van der Waals surface area contributed by atoms with E-state index in [0.717, 1.165) is 15.6 Å². The van der Waals surface area contributed by atoms with Crippen molar-refractivity contribution in [3.05, 3.63) is 64.1 Å². The minimum absolute atomic E-state index is 0.354. The molecule has 0 saturated carbocycles. The maximum absolute atomic E-state index is 11.4. The average Bonchev–Trinajstić information content (AvgIpc) is 3.04. The highest BCUT2D eigenvalue weighted by atomic mass is 79.9. The van der Waals surface area contributed by atoms with Gasteiger partial charge in [-0.3, -0.25) is 0 Å². The lowest BCUT2D eigenvalue weighted by molar-refractivity contribution is 0.0600. The molecule has 0 aliphatic carbocycles. The fourth-order valence-electron chi connectivity index (χ4n) is 2.05. The van der Waals surface area contributed by atoms with Gasteiger partial charge in [-0.15, -0.1) is 10.2 Å². The minimum atomic E-state index is -0.354. The lowest BCUT2D eigenvalue weighted by Gasteiger charge is -2.02. The molecule has 0 saturated heterocycles. The number of nitrogens with zero attached hydrogens (tertiary/aromatic N) is 4. The number of carbonyl (C=O) groups is 1. The molecule has 0 radical (unpaired) electrons. The van der Waals surface area contributed by atoms with Crippen LogP contribution in [-0.2, 0) is 11.3 Å². The molecule has 7 heteroatoms. The van der Waals surface area contributed by atoms with Crippen LogP contribution in [0.4, 0.5) is 0 Å². The van der Waals surface area contributed by atoms with Crippen LogP contribution in [0.25, 0.3) is 11.4 Å². The molecule has 2 aromatic carbocycles. The molecule has 1 heterocycles. The molecular formula is C16H13BrN4O2. The van der Waals surface area contributed by atoms with Gasteiger partial charge < -0.3 is 4.74 Å². The van der Waals surface area contributed by atoms with Gasteiger partial charge in [0.25, 0.3) is 0 Å². The summed E-state index contributed by atoms with van der Waals surface area (Å²) in [4.78, 5) is 12.9. The van der Waals surface area contributed by atoms with E-state index in [1.54, 1.807) is 12.1 Å². The Bertz CT molecular complexity index is 813. The molecule has 3 rings (SSSR count). The third-order valence-corrected chi connectivity index (χ3v) is 3.78. The number of esters is 1. The Labute approximate surface area is 141 Å². The zero-order valence-electron chi connectivity index (χ0n) is 12.3. The number of aromatic nitrogens is 4. The van der Waals surface area contributed by atoms with Crippen LogP contribution < -0.4 is 0 Å². The average molecular weight is 373 g/mol. The van der Waals surface area contributed by atoms with Crippen molar-refractivity contribution in [2.45, 2.75) is 6.54 Å². The molecule has 116 valence electrons. The van der Waals surface area contributed by atoms with E-state index in [1.165, 1.54) is 11.9 Å². The molecule has 0 aliphatic heterocycles. The lowest BCUT2D eigenvalue weighted by Crippen LogP contribution is -2.05. The number of hydrogen-bond acceptors (Lipinski definition) is 5. The van der Waals surface area contributed by atoms with Crippen LogP contribution >= 0.6 is 15.9 Å². The summed E-state index contributed by atoms with van der Waals surface area (Å²) >= 11 is 3.39. The first kappa shape index (κ1) is 15.4. The van der Waals surface area contributed by atoms with E-state index < -0.39 is 0 Å². The van der Waals surface area contributed by atoms with Gasteiger partial charge in [0.1, 0.15) is 0 Å². The Morgan fingerprint density at radius 2 is 1.83 bits per heavy atom. The van der Waals surface area contributed by atoms with Gasteiger partial charge in [0.15, 0.2) is 0 Å². The van der Waals surface area contributed by atoms with E-state index in [4.69, 9.17) is 0 Å². The summed E-state index contributed by atoms with van der Waals surface area (Å²) < 4.78 is 5.67. The van der Waals surface area contributed by atoms with Crippen molar-refractivity contribution in [3.63, 3.8) is 0 Å². The maximum Gasteiger partial charge on any atom is 0.337 e. The van der Waals surface area contributed by atoms with Gasteiger partial charge in [-0.1, -0.05) is 28.1 Å². The van der Waals surface area contributed by atoms with Crippen molar-refractivity contribution in [3.8, 4) is 11.4 Å². The van der Waals surface area contributed by atoms with Gasteiger partial charge in [-0.25, -0.2) is 4.79 Å². The van der Waals surface area contributed by atoms with Crippen LogP contribution in [-0.4, -0.2) is 33.3 Å². The number of benzene rings is 2. The van der Waals surface area contributed by atoms with Crippen molar-refractivity contribution in [1.29, 1.82) is 0 Å². The van der Waals surface area contributed by atoms with Crippen LogP contribution in [0.1, 0.15) is 15.9 Å². The van der Waals surface area contributed by atoms with E-state index in [-0.39, 0.29) is 5.97 Å². The first-order valence-corrected chi connectivity index (χ1v) is 7.66. The number of hydrogen-bond donors (Lipinski definition) is 0. The SMILES string of the molecule is COC(=O)c1ccc(Cn2nnc(-c3ccc(Br)cc3)n2)cc1. The first-order valence-electron chi connectivity index (χ1n) is 6.87. The predicted octanol–water partition coefficient (Wildman–Crippen LogP) is 2.94. The lowest BCUT2D eigenvalue weighted by atomic mass is 10.1. The summed E-state index contributed by atoms with van der Waals surface area (Å²) in [7, 11) is 1.36. The zero-order chi connectivity index (χ0) is 16.2. The number of ether oxygens (including phenoxy) is 1. The Morgan fingerprint density at radius 1 is 1.13 bits per heavy atom. The molecule has 6 nitrogen and oxygen atoms in total. The normalized spacial score (nSPS) is 10.5. The minimum Gasteiger partial charge on any atom is -0.465 e. The fraction of sp³-hybridized carbons (Fsp3) is 0.125. The van der Waals surface area contributed by atoms with E-state index >= 15 is 0 Å². The third-order valence-electron chi connectivity index (χ3n) is 3.25. The number of rotatable bonds is 4. The topological polar surface area (TPSA) is 69.9 Å². The Kier molecular flexibility index (Phi) is 4.47. The molecule has 0 unspecified atom stereocenters. The Morgan fingerprint density at radius 3 is 2.48 bits per heavy atom. The molecule has 3 aromatic rings. The highest BCUT2D eigenvalue weighted by Gasteiger charge is 2.08. The number of methoxy groups -OCH3 is 1. The summed E-state index contributed by atoms with van der Waals surface area (Å²) in [5.41, 5.74) is 2.39. The summed E-state index contributed by atoms with van der Waals surface area (Å²) in [5, 5.41) is 12.5. The van der Waals surface area contributed by atoms with Gasteiger partial charge in [-0.05, 0) is 47.2 Å². The highest BCUT2D eigenvalue weighted by molar-refractivity contribution is 9.10. The van der Waals surface area contributed by atoms with Crippen LogP contribution in [0.2, 0.25) is 0 Å². The highest BCUT2D eigenvalue weighted by Crippen LogP contribution is 2.17. The van der Waals surface area contributed by atoms with Crippen molar-refractivity contribution >= 4 is 21.9 Å². The number of tetrazole rings is 1. The molecule has 0 fully saturated rings. The summed E-state index contributed by atoms with van der Waals surface area (Å²) in [6, 6.07) is 14.8. The van der Waals surface area contributed by atoms with Crippen LogP contribution in [0, 0.1) is 0 Å². The molecule has 23 heavy (non-hydrogen) atoms. The Hall–Kier alpha value is -2.54. The second kappa shape index (κ2) is 6.70. The molecule has 0 amide bonds. The van der Waals surface area contributed by atoms with Crippen LogP contribution in [0.15, 0.2) is 53.0 Å². The predicted molar refractivity (Wildman–Crippen MR) is 87.8 cm³/mol. The first-order chi connectivity index (χ1) is 11.2. The zero-order valence-corrected chi connectivity index (χ0v) is 13.9. The molecule has 0 bridgehead atoms. The second-order valence-electron chi connectivity index (χ2n) is 4.84. The van der Waals surface area contributed by atoms with E-state index in [1.807, 2.05) is 36.4 Å². The van der Waals surface area contributed by atoms with Gasteiger partial charge in [0, 0.05) is 10.0 Å². The van der Waals surface area contributed by atoms with Crippen LogP contribution in [0.3, 0.4) is 0 Å². The van der Waals surface area contributed by atoms with E-state index in [2.05, 4.69) is 36.1 Å². The fourth-order valence-corrected chi connectivity index (χ4v) is 2.32. The van der Waals surface area contributed by atoms with Crippen LogP contribution in [0.5, 0.6) is 0 Å². The molecule has 0 spiro atoms.